The SMILES string of the molecule is O=C(O)c1cc(O)ccc1OCC1CC1. The summed E-state index contributed by atoms with van der Waals surface area (Å²) in [5.41, 5.74) is 0.00986. The van der Waals surface area contributed by atoms with Crippen molar-refractivity contribution in [2.24, 2.45) is 5.92 Å². The van der Waals surface area contributed by atoms with E-state index < -0.39 is 5.97 Å². The lowest BCUT2D eigenvalue weighted by atomic mass is 10.2. The lowest BCUT2D eigenvalue weighted by Gasteiger charge is -2.08. The molecule has 0 spiro atoms. The Morgan fingerprint density at radius 1 is 1.47 bits per heavy atom. The molecule has 0 saturated heterocycles. The van der Waals surface area contributed by atoms with E-state index in [0.717, 1.165) is 12.8 Å². The van der Waals surface area contributed by atoms with Gasteiger partial charge >= 0.3 is 5.97 Å². The molecule has 1 aromatic carbocycles. The van der Waals surface area contributed by atoms with Gasteiger partial charge in [0.15, 0.2) is 0 Å². The summed E-state index contributed by atoms with van der Waals surface area (Å²) in [5, 5.41) is 18.0. The Hall–Kier alpha value is -1.71. The predicted octanol–water partition coefficient (Wildman–Crippen LogP) is 1.88. The highest BCUT2D eigenvalue weighted by molar-refractivity contribution is 5.91. The van der Waals surface area contributed by atoms with Crippen LogP contribution in [-0.4, -0.2) is 22.8 Å². The first-order valence-corrected chi connectivity index (χ1v) is 4.86. The highest BCUT2D eigenvalue weighted by Gasteiger charge is 2.23. The fraction of sp³-hybridized carbons (Fsp3) is 0.364. The summed E-state index contributed by atoms with van der Waals surface area (Å²) in [5.74, 6) is -0.254. The van der Waals surface area contributed by atoms with Gasteiger partial charge < -0.3 is 14.9 Å². The Kier molecular flexibility index (Phi) is 2.49. The molecule has 4 nitrogen and oxygen atoms in total. The molecule has 0 aliphatic heterocycles. The maximum Gasteiger partial charge on any atom is 0.339 e. The molecule has 0 bridgehead atoms. The quantitative estimate of drug-likeness (QED) is 0.792. The zero-order valence-corrected chi connectivity index (χ0v) is 8.14. The Bertz CT molecular complexity index is 382. The molecule has 0 atom stereocenters. The van der Waals surface area contributed by atoms with Crippen LogP contribution >= 0.6 is 0 Å². The second-order valence-corrected chi connectivity index (χ2v) is 3.74. The fourth-order valence-corrected chi connectivity index (χ4v) is 1.30. The van der Waals surface area contributed by atoms with Gasteiger partial charge in [0.2, 0.25) is 0 Å². The van der Waals surface area contributed by atoms with Crippen LogP contribution in [0.4, 0.5) is 0 Å². The van der Waals surface area contributed by atoms with Crippen LogP contribution in [0.15, 0.2) is 18.2 Å². The minimum absolute atomic E-state index is 0.00986. The van der Waals surface area contributed by atoms with E-state index in [1.54, 1.807) is 0 Å². The molecular formula is C11H12O4. The van der Waals surface area contributed by atoms with Gasteiger partial charge in [0.05, 0.1) is 6.61 Å². The monoisotopic (exact) mass is 208 g/mol. The van der Waals surface area contributed by atoms with Crippen LogP contribution in [0.3, 0.4) is 0 Å². The van der Waals surface area contributed by atoms with Crippen LogP contribution in [0.5, 0.6) is 11.5 Å². The summed E-state index contributed by atoms with van der Waals surface area (Å²) in [6, 6.07) is 4.11. The molecule has 1 aliphatic carbocycles. The van der Waals surface area contributed by atoms with Crippen molar-refractivity contribution in [1.29, 1.82) is 0 Å². The van der Waals surface area contributed by atoms with E-state index in [9.17, 15) is 4.79 Å². The first kappa shape index (κ1) is 9.83. The first-order chi connectivity index (χ1) is 7.16. The molecule has 1 aliphatic rings. The lowest BCUT2D eigenvalue weighted by Crippen LogP contribution is -2.05. The van der Waals surface area contributed by atoms with Gasteiger partial charge in [-0.3, -0.25) is 0 Å². The number of carboxylic acids is 1. The van der Waals surface area contributed by atoms with Crippen LogP contribution in [0.25, 0.3) is 0 Å². The number of rotatable bonds is 4. The summed E-state index contributed by atoms with van der Waals surface area (Å²) in [6.07, 6.45) is 2.31. The molecule has 0 radical (unpaired) electrons. The zero-order chi connectivity index (χ0) is 10.8. The Morgan fingerprint density at radius 3 is 2.80 bits per heavy atom. The van der Waals surface area contributed by atoms with E-state index in [1.807, 2.05) is 0 Å². The van der Waals surface area contributed by atoms with Crippen molar-refractivity contribution in [2.45, 2.75) is 12.8 Å². The lowest BCUT2D eigenvalue weighted by molar-refractivity contribution is 0.0691. The fourth-order valence-electron chi connectivity index (χ4n) is 1.30. The molecule has 1 aromatic rings. The maximum absolute atomic E-state index is 10.8. The number of ether oxygens (including phenoxy) is 1. The van der Waals surface area contributed by atoms with Gasteiger partial charge in [0.25, 0.3) is 0 Å². The van der Waals surface area contributed by atoms with Crippen molar-refractivity contribution in [3.05, 3.63) is 23.8 Å². The second-order valence-electron chi connectivity index (χ2n) is 3.74. The first-order valence-electron chi connectivity index (χ1n) is 4.86. The number of aromatic hydroxyl groups is 1. The summed E-state index contributed by atoms with van der Waals surface area (Å²) in [6.45, 7) is 0.561. The van der Waals surface area contributed by atoms with Gasteiger partial charge in [0.1, 0.15) is 17.1 Å². The molecule has 15 heavy (non-hydrogen) atoms. The van der Waals surface area contributed by atoms with Crippen LogP contribution in [-0.2, 0) is 0 Å². The van der Waals surface area contributed by atoms with E-state index in [2.05, 4.69) is 0 Å². The maximum atomic E-state index is 10.8. The molecule has 2 N–H and O–H groups in total. The molecule has 1 saturated carbocycles. The molecule has 1 fully saturated rings. The number of hydrogen-bond donors (Lipinski definition) is 2. The van der Waals surface area contributed by atoms with E-state index in [-0.39, 0.29) is 11.3 Å². The van der Waals surface area contributed by atoms with Crippen LogP contribution in [0, 0.1) is 5.92 Å². The Balaban J connectivity index is 2.15. The normalized spacial score (nSPS) is 14.9. The molecule has 0 aromatic heterocycles. The third kappa shape index (κ3) is 2.40. The van der Waals surface area contributed by atoms with Crippen molar-refractivity contribution >= 4 is 5.97 Å². The number of benzene rings is 1. The average molecular weight is 208 g/mol. The van der Waals surface area contributed by atoms with Crippen LogP contribution in [0.1, 0.15) is 23.2 Å². The average Bonchev–Trinajstić information content (AvgIpc) is 2.99. The van der Waals surface area contributed by atoms with Crippen molar-refractivity contribution < 1.29 is 19.7 Å². The van der Waals surface area contributed by atoms with Crippen molar-refractivity contribution in [1.82, 2.24) is 0 Å². The highest BCUT2D eigenvalue weighted by atomic mass is 16.5. The van der Waals surface area contributed by atoms with Gasteiger partial charge in [-0.05, 0) is 37.0 Å². The molecular weight excluding hydrogens is 196 g/mol. The molecule has 80 valence electrons. The van der Waals surface area contributed by atoms with E-state index >= 15 is 0 Å². The van der Waals surface area contributed by atoms with Gasteiger partial charge in [-0.15, -0.1) is 0 Å². The summed E-state index contributed by atoms with van der Waals surface area (Å²) in [4.78, 5) is 10.8. The van der Waals surface area contributed by atoms with Crippen LogP contribution in [0.2, 0.25) is 0 Å². The molecule has 0 unspecified atom stereocenters. The van der Waals surface area contributed by atoms with E-state index in [0.29, 0.717) is 18.3 Å². The zero-order valence-electron chi connectivity index (χ0n) is 8.14. The van der Waals surface area contributed by atoms with Gasteiger partial charge in [-0.25, -0.2) is 4.79 Å². The number of phenols is 1. The van der Waals surface area contributed by atoms with Crippen LogP contribution < -0.4 is 4.74 Å². The smallest absolute Gasteiger partial charge is 0.339 e. The molecule has 4 heteroatoms. The highest BCUT2D eigenvalue weighted by Crippen LogP contribution is 2.31. The number of hydrogen-bond acceptors (Lipinski definition) is 3. The third-order valence-corrected chi connectivity index (χ3v) is 2.37. The largest absolute Gasteiger partial charge is 0.508 e. The van der Waals surface area contributed by atoms with Gasteiger partial charge in [-0.1, -0.05) is 0 Å². The minimum Gasteiger partial charge on any atom is -0.508 e. The number of aromatic carboxylic acids is 1. The second kappa shape index (κ2) is 3.81. The van der Waals surface area contributed by atoms with Crippen molar-refractivity contribution in [2.75, 3.05) is 6.61 Å². The van der Waals surface area contributed by atoms with Crippen molar-refractivity contribution in [3.8, 4) is 11.5 Å². The third-order valence-electron chi connectivity index (χ3n) is 2.37. The predicted molar refractivity (Wildman–Crippen MR) is 53.3 cm³/mol. The number of carbonyl (C=O) groups is 1. The Labute approximate surface area is 87.1 Å². The topological polar surface area (TPSA) is 66.8 Å². The summed E-state index contributed by atoms with van der Waals surface area (Å²) in [7, 11) is 0. The molecule has 0 amide bonds. The van der Waals surface area contributed by atoms with E-state index in [4.69, 9.17) is 14.9 Å². The number of phenolic OH excluding ortho intramolecular Hbond substituents is 1. The standard InChI is InChI=1S/C11H12O4/c12-8-3-4-10(9(5-8)11(13)14)15-6-7-1-2-7/h3-5,7,12H,1-2,6H2,(H,13,14). The summed E-state index contributed by atoms with van der Waals surface area (Å²) >= 11 is 0. The van der Waals surface area contributed by atoms with E-state index in [1.165, 1.54) is 18.2 Å². The summed E-state index contributed by atoms with van der Waals surface area (Å²) < 4.78 is 5.39. The Morgan fingerprint density at radius 2 is 2.20 bits per heavy atom. The molecule has 0 heterocycles. The van der Waals surface area contributed by atoms with Gasteiger partial charge in [-0.2, -0.15) is 0 Å². The van der Waals surface area contributed by atoms with Crippen molar-refractivity contribution in [3.63, 3.8) is 0 Å². The van der Waals surface area contributed by atoms with Gasteiger partial charge in [0, 0.05) is 0 Å². The minimum atomic E-state index is -1.09. The molecule has 2 rings (SSSR count). The number of carboxylic acid groups (broad SMARTS) is 1.